The van der Waals surface area contributed by atoms with Crippen molar-refractivity contribution >= 4 is 29.4 Å². The summed E-state index contributed by atoms with van der Waals surface area (Å²) in [5.74, 6) is -1.77. The zero-order valence-electron chi connectivity index (χ0n) is 16.0. The van der Waals surface area contributed by atoms with Crippen LogP contribution in [0.2, 0.25) is 5.02 Å². The first-order valence-corrected chi connectivity index (χ1v) is 9.25. The second kappa shape index (κ2) is 9.04. The Morgan fingerprint density at radius 1 is 1.33 bits per heavy atom. The van der Waals surface area contributed by atoms with Crippen molar-refractivity contribution in [3.05, 3.63) is 46.1 Å². The van der Waals surface area contributed by atoms with E-state index in [1.54, 1.807) is 45.9 Å². The molecular formula is C20H24ClNO5. The summed E-state index contributed by atoms with van der Waals surface area (Å²) in [6.07, 6.45) is -0.270. The molecule has 0 saturated heterocycles. The van der Waals surface area contributed by atoms with Crippen molar-refractivity contribution in [2.24, 2.45) is 0 Å². The van der Waals surface area contributed by atoms with Gasteiger partial charge in [0.1, 0.15) is 6.54 Å². The van der Waals surface area contributed by atoms with Gasteiger partial charge in [-0.15, -0.1) is 0 Å². The molecule has 0 aliphatic carbocycles. The van der Waals surface area contributed by atoms with Gasteiger partial charge in [0.15, 0.2) is 0 Å². The Kier molecular flexibility index (Phi) is 7.02. The van der Waals surface area contributed by atoms with Crippen molar-refractivity contribution < 1.29 is 23.9 Å². The van der Waals surface area contributed by atoms with Gasteiger partial charge in [0.25, 0.3) is 0 Å². The first-order chi connectivity index (χ1) is 12.7. The minimum atomic E-state index is -0.525. The van der Waals surface area contributed by atoms with E-state index in [2.05, 4.69) is 0 Å². The molecule has 146 valence electrons. The van der Waals surface area contributed by atoms with Gasteiger partial charge < -0.3 is 14.4 Å². The lowest BCUT2D eigenvalue weighted by atomic mass is 9.83. The van der Waals surface area contributed by atoms with Crippen LogP contribution in [0.15, 0.2) is 35.5 Å². The van der Waals surface area contributed by atoms with E-state index in [9.17, 15) is 14.4 Å². The Hall–Kier alpha value is -2.34. The number of carbonyl (C=O) groups is 3. The van der Waals surface area contributed by atoms with E-state index in [0.29, 0.717) is 16.3 Å². The number of carbonyl (C=O) groups excluding carboxylic acids is 3. The molecule has 1 aliphatic rings. The number of benzene rings is 1. The molecule has 0 aromatic heterocycles. The molecular weight excluding hydrogens is 370 g/mol. The van der Waals surface area contributed by atoms with Crippen LogP contribution >= 0.6 is 11.6 Å². The lowest BCUT2D eigenvalue weighted by molar-refractivity contribution is -0.149. The van der Waals surface area contributed by atoms with Crippen LogP contribution in [0.25, 0.3) is 0 Å². The molecule has 0 radical (unpaired) electrons. The van der Waals surface area contributed by atoms with Crippen LogP contribution in [-0.4, -0.2) is 42.0 Å². The molecule has 1 amide bonds. The Balaban J connectivity index is 2.48. The highest BCUT2D eigenvalue weighted by atomic mass is 35.5. The van der Waals surface area contributed by atoms with Crippen LogP contribution in [0.4, 0.5) is 0 Å². The van der Waals surface area contributed by atoms with E-state index < -0.39 is 17.9 Å². The van der Waals surface area contributed by atoms with Crippen molar-refractivity contribution in [2.75, 3.05) is 13.2 Å². The fraction of sp³-hybridized carbons (Fsp3) is 0.450. The number of nitrogens with zero attached hydrogens (tertiary/aromatic N) is 1. The fourth-order valence-corrected chi connectivity index (χ4v) is 3.29. The molecule has 1 unspecified atom stereocenters. The van der Waals surface area contributed by atoms with Crippen LogP contribution in [-0.2, 0) is 23.9 Å². The number of amides is 1. The van der Waals surface area contributed by atoms with E-state index in [-0.39, 0.29) is 31.6 Å². The van der Waals surface area contributed by atoms with Gasteiger partial charge in [-0.2, -0.15) is 0 Å². The second-order valence-corrected chi connectivity index (χ2v) is 6.99. The quantitative estimate of drug-likeness (QED) is 0.692. The predicted molar refractivity (Wildman–Crippen MR) is 101 cm³/mol. The molecule has 2 rings (SSSR count). The number of hydrogen-bond donors (Lipinski definition) is 0. The van der Waals surface area contributed by atoms with Gasteiger partial charge in [-0.1, -0.05) is 23.7 Å². The van der Waals surface area contributed by atoms with Gasteiger partial charge in [0.2, 0.25) is 5.91 Å². The highest BCUT2D eigenvalue weighted by Gasteiger charge is 2.38. The van der Waals surface area contributed by atoms with Crippen LogP contribution in [0.1, 0.15) is 45.6 Å². The molecule has 0 N–H and O–H groups in total. The standard InChI is InChI=1S/C20H24ClNO5/c1-5-26-18(24)11-22-13(4)19(20(25)27-12(2)3)16(10-17(22)23)14-7-6-8-15(21)9-14/h6-9,12,16H,5,10-11H2,1-4H3. The van der Waals surface area contributed by atoms with Crippen LogP contribution in [0.5, 0.6) is 0 Å². The largest absolute Gasteiger partial charge is 0.465 e. The molecule has 1 aliphatic heterocycles. The Morgan fingerprint density at radius 3 is 2.63 bits per heavy atom. The molecule has 0 saturated carbocycles. The van der Waals surface area contributed by atoms with Gasteiger partial charge in [0.05, 0.1) is 18.3 Å². The average molecular weight is 394 g/mol. The van der Waals surface area contributed by atoms with Crippen molar-refractivity contribution in [1.82, 2.24) is 4.90 Å². The average Bonchev–Trinajstić information content (AvgIpc) is 2.57. The number of halogens is 1. The molecule has 0 spiro atoms. The molecule has 1 heterocycles. The van der Waals surface area contributed by atoms with Crippen LogP contribution in [0.3, 0.4) is 0 Å². The van der Waals surface area contributed by atoms with Gasteiger partial charge in [-0.25, -0.2) is 4.79 Å². The number of hydrogen-bond acceptors (Lipinski definition) is 5. The second-order valence-electron chi connectivity index (χ2n) is 6.55. The highest BCUT2D eigenvalue weighted by Crippen LogP contribution is 2.37. The van der Waals surface area contributed by atoms with Crippen LogP contribution in [0, 0.1) is 0 Å². The number of allylic oxidation sites excluding steroid dienone is 1. The molecule has 27 heavy (non-hydrogen) atoms. The highest BCUT2D eigenvalue weighted by molar-refractivity contribution is 6.30. The summed E-state index contributed by atoms with van der Waals surface area (Å²) in [4.78, 5) is 38.7. The number of esters is 2. The summed E-state index contributed by atoms with van der Waals surface area (Å²) in [5.41, 5.74) is 1.51. The maximum atomic E-state index is 12.8. The third kappa shape index (κ3) is 5.10. The summed E-state index contributed by atoms with van der Waals surface area (Å²) in [6.45, 7) is 6.83. The van der Waals surface area contributed by atoms with Crippen molar-refractivity contribution in [3.8, 4) is 0 Å². The number of ether oxygens (including phenoxy) is 2. The van der Waals surface area contributed by atoms with E-state index >= 15 is 0 Å². The van der Waals surface area contributed by atoms with E-state index in [1.807, 2.05) is 6.07 Å². The van der Waals surface area contributed by atoms with Crippen molar-refractivity contribution in [1.29, 1.82) is 0 Å². The Bertz CT molecular complexity index is 771. The third-order valence-corrected chi connectivity index (χ3v) is 4.46. The fourth-order valence-electron chi connectivity index (χ4n) is 3.09. The number of rotatable bonds is 6. The van der Waals surface area contributed by atoms with Gasteiger partial charge in [-0.05, 0) is 45.4 Å². The smallest absolute Gasteiger partial charge is 0.336 e. The van der Waals surface area contributed by atoms with E-state index in [4.69, 9.17) is 21.1 Å². The third-order valence-electron chi connectivity index (χ3n) is 4.23. The van der Waals surface area contributed by atoms with E-state index in [1.165, 1.54) is 4.90 Å². The van der Waals surface area contributed by atoms with Crippen molar-refractivity contribution in [3.63, 3.8) is 0 Å². The molecule has 1 aromatic carbocycles. The Morgan fingerprint density at radius 2 is 2.04 bits per heavy atom. The molecule has 1 atom stereocenters. The zero-order valence-corrected chi connectivity index (χ0v) is 16.7. The summed E-state index contributed by atoms with van der Waals surface area (Å²) in [7, 11) is 0. The predicted octanol–water partition coefficient (Wildman–Crippen LogP) is 3.44. The van der Waals surface area contributed by atoms with Gasteiger partial charge in [0, 0.05) is 23.1 Å². The summed E-state index contributed by atoms with van der Waals surface area (Å²) < 4.78 is 10.3. The minimum absolute atomic E-state index is 0.0413. The van der Waals surface area contributed by atoms with Gasteiger partial charge >= 0.3 is 11.9 Å². The monoisotopic (exact) mass is 393 g/mol. The molecule has 0 bridgehead atoms. The maximum absolute atomic E-state index is 12.8. The van der Waals surface area contributed by atoms with Gasteiger partial charge in [-0.3, -0.25) is 9.59 Å². The molecule has 0 fully saturated rings. The maximum Gasteiger partial charge on any atom is 0.336 e. The summed E-state index contributed by atoms with van der Waals surface area (Å²) in [6, 6.07) is 7.05. The minimum Gasteiger partial charge on any atom is -0.465 e. The zero-order chi connectivity index (χ0) is 20.1. The van der Waals surface area contributed by atoms with Crippen LogP contribution < -0.4 is 0 Å². The summed E-state index contributed by atoms with van der Waals surface area (Å²) in [5, 5.41) is 0.517. The lowest BCUT2D eigenvalue weighted by Gasteiger charge is -2.34. The molecule has 1 aromatic rings. The Labute approximate surface area is 164 Å². The first kappa shape index (κ1) is 21.0. The normalized spacial score (nSPS) is 17.3. The topological polar surface area (TPSA) is 72.9 Å². The molecule has 6 nitrogen and oxygen atoms in total. The SMILES string of the molecule is CCOC(=O)CN1C(=O)CC(c2cccc(Cl)c2)C(C(=O)OC(C)C)=C1C. The molecule has 7 heteroatoms. The van der Waals surface area contributed by atoms with E-state index in [0.717, 1.165) is 5.56 Å². The van der Waals surface area contributed by atoms with Crippen molar-refractivity contribution in [2.45, 2.75) is 46.1 Å². The summed E-state index contributed by atoms with van der Waals surface area (Å²) >= 11 is 6.09. The lowest BCUT2D eigenvalue weighted by Crippen LogP contribution is -2.41. The first-order valence-electron chi connectivity index (χ1n) is 8.87.